The summed E-state index contributed by atoms with van der Waals surface area (Å²) in [5, 5.41) is 4.28. The fraction of sp³-hybridized carbons (Fsp3) is 0.333. The van der Waals surface area contributed by atoms with Gasteiger partial charge in [-0.3, -0.25) is 0 Å². The number of hydrogen-bond acceptors (Lipinski definition) is 3. The molecule has 2 nitrogen and oxygen atoms in total. The lowest BCUT2D eigenvalue weighted by molar-refractivity contribution is 0.153. The zero-order chi connectivity index (χ0) is 23.5. The van der Waals surface area contributed by atoms with Crippen LogP contribution >= 0.6 is 11.3 Å². The predicted octanol–water partition coefficient (Wildman–Crippen LogP) is 7.80. The Morgan fingerprint density at radius 3 is 2.58 bits per heavy atom. The van der Waals surface area contributed by atoms with E-state index in [9.17, 15) is 0 Å². The molecule has 1 aromatic heterocycles. The van der Waals surface area contributed by atoms with E-state index in [-0.39, 0.29) is 5.41 Å². The van der Waals surface area contributed by atoms with Gasteiger partial charge in [0.2, 0.25) is 0 Å². The van der Waals surface area contributed by atoms with Crippen LogP contribution in [0.15, 0.2) is 77.5 Å². The quantitative estimate of drug-likeness (QED) is 0.289. The molecule has 2 aromatic carbocycles. The van der Waals surface area contributed by atoms with Gasteiger partial charge in [0.1, 0.15) is 12.4 Å². The molecule has 0 spiro atoms. The lowest BCUT2D eigenvalue weighted by Gasteiger charge is -2.15. The van der Waals surface area contributed by atoms with Crippen LogP contribution in [0.5, 0.6) is 5.75 Å². The van der Waals surface area contributed by atoms with E-state index in [2.05, 4.69) is 98.0 Å². The van der Waals surface area contributed by atoms with Gasteiger partial charge in [0, 0.05) is 19.1 Å². The fourth-order valence-electron chi connectivity index (χ4n) is 3.56. The van der Waals surface area contributed by atoms with Gasteiger partial charge in [-0.15, -0.1) is 0 Å². The molecular weight excluding hydrogens is 424 g/mol. The summed E-state index contributed by atoms with van der Waals surface area (Å²) in [6.07, 6.45) is 6.00. The Balaban J connectivity index is 1.58. The minimum absolute atomic E-state index is 0.0297. The topological polar surface area (TPSA) is 18.5 Å². The van der Waals surface area contributed by atoms with Crippen molar-refractivity contribution in [3.63, 3.8) is 0 Å². The minimum Gasteiger partial charge on any atom is -0.489 e. The number of thiophene rings is 1. The molecule has 0 saturated carbocycles. The van der Waals surface area contributed by atoms with E-state index < -0.39 is 0 Å². The molecule has 3 aromatic rings. The first-order chi connectivity index (χ1) is 15.9. The first kappa shape index (κ1) is 24.8. The summed E-state index contributed by atoms with van der Waals surface area (Å²) < 4.78 is 11.6. The van der Waals surface area contributed by atoms with Crippen molar-refractivity contribution < 1.29 is 9.47 Å². The van der Waals surface area contributed by atoms with Gasteiger partial charge in [0.15, 0.2) is 0 Å². The fourth-order valence-corrected chi connectivity index (χ4v) is 4.22. The zero-order valence-electron chi connectivity index (χ0n) is 20.1. The van der Waals surface area contributed by atoms with E-state index in [0.29, 0.717) is 12.5 Å². The Morgan fingerprint density at radius 2 is 1.82 bits per heavy atom. The molecule has 172 valence electrons. The van der Waals surface area contributed by atoms with E-state index in [1.54, 1.807) is 18.4 Å². The second kappa shape index (κ2) is 12.4. The molecular formula is C30H34O2S. The lowest BCUT2D eigenvalue weighted by Crippen LogP contribution is -2.10. The van der Waals surface area contributed by atoms with Crippen LogP contribution in [0.3, 0.4) is 0 Å². The highest BCUT2D eigenvalue weighted by molar-refractivity contribution is 7.08. The van der Waals surface area contributed by atoms with Crippen LogP contribution in [0.1, 0.15) is 38.3 Å². The van der Waals surface area contributed by atoms with Gasteiger partial charge in [-0.05, 0) is 103 Å². The first-order valence-corrected chi connectivity index (χ1v) is 12.4. The molecule has 0 fully saturated rings. The molecule has 3 rings (SSSR count). The molecule has 0 amide bonds. The summed E-state index contributed by atoms with van der Waals surface area (Å²) in [5.74, 6) is 7.69. The van der Waals surface area contributed by atoms with Crippen molar-refractivity contribution >= 4 is 11.3 Å². The van der Waals surface area contributed by atoms with Gasteiger partial charge in [0.05, 0.1) is 0 Å². The van der Waals surface area contributed by atoms with E-state index in [1.165, 1.54) is 22.3 Å². The Kier molecular flexibility index (Phi) is 9.36. The largest absolute Gasteiger partial charge is 0.489 e. The maximum Gasteiger partial charge on any atom is 0.120 e. The van der Waals surface area contributed by atoms with Crippen LogP contribution in [-0.4, -0.2) is 13.7 Å². The van der Waals surface area contributed by atoms with Crippen molar-refractivity contribution in [2.24, 2.45) is 11.3 Å². The van der Waals surface area contributed by atoms with Crippen molar-refractivity contribution in [3.8, 4) is 28.7 Å². The summed E-state index contributed by atoms with van der Waals surface area (Å²) in [5.41, 5.74) is 4.95. The Morgan fingerprint density at radius 1 is 1.00 bits per heavy atom. The zero-order valence-corrected chi connectivity index (χ0v) is 21.0. The van der Waals surface area contributed by atoms with Crippen molar-refractivity contribution in [3.05, 3.63) is 88.6 Å². The predicted molar refractivity (Wildman–Crippen MR) is 141 cm³/mol. The summed E-state index contributed by atoms with van der Waals surface area (Å²) in [6, 6.07) is 19.1. The molecule has 1 atom stereocenters. The highest BCUT2D eigenvalue weighted by Crippen LogP contribution is 2.24. The van der Waals surface area contributed by atoms with Gasteiger partial charge in [-0.25, -0.2) is 0 Å². The lowest BCUT2D eigenvalue weighted by atomic mass is 9.96. The average Bonchev–Trinajstić information content (AvgIpc) is 3.32. The van der Waals surface area contributed by atoms with Gasteiger partial charge < -0.3 is 9.47 Å². The normalized spacial score (nSPS) is 12.4. The monoisotopic (exact) mass is 458 g/mol. The SMILES string of the molecule is COCC(C/C=C/C#CC(C)(C)C)Cc1cccc(OCc2cccc(-c3ccsc3)c2)c1. The summed E-state index contributed by atoms with van der Waals surface area (Å²) in [6.45, 7) is 7.64. The van der Waals surface area contributed by atoms with Crippen LogP contribution in [-0.2, 0) is 17.8 Å². The summed E-state index contributed by atoms with van der Waals surface area (Å²) in [4.78, 5) is 0. The van der Waals surface area contributed by atoms with Gasteiger partial charge in [-0.2, -0.15) is 11.3 Å². The van der Waals surface area contributed by atoms with Crippen LogP contribution in [0.2, 0.25) is 0 Å². The third-order valence-corrected chi connectivity index (χ3v) is 5.81. The molecule has 0 aliphatic heterocycles. The van der Waals surface area contributed by atoms with Gasteiger partial charge in [-0.1, -0.05) is 48.2 Å². The molecule has 0 N–H and O–H groups in total. The van der Waals surface area contributed by atoms with Crippen molar-refractivity contribution in [2.75, 3.05) is 13.7 Å². The number of rotatable bonds is 10. The summed E-state index contributed by atoms with van der Waals surface area (Å²) >= 11 is 1.72. The number of hydrogen-bond donors (Lipinski definition) is 0. The van der Waals surface area contributed by atoms with Crippen LogP contribution in [0.4, 0.5) is 0 Å². The molecule has 0 aliphatic carbocycles. The van der Waals surface area contributed by atoms with Crippen LogP contribution in [0.25, 0.3) is 11.1 Å². The smallest absolute Gasteiger partial charge is 0.120 e. The molecule has 33 heavy (non-hydrogen) atoms. The molecule has 0 bridgehead atoms. The van der Waals surface area contributed by atoms with Gasteiger partial charge >= 0.3 is 0 Å². The molecule has 1 unspecified atom stereocenters. The van der Waals surface area contributed by atoms with E-state index in [0.717, 1.165) is 25.2 Å². The van der Waals surface area contributed by atoms with Crippen molar-refractivity contribution in [2.45, 2.75) is 40.2 Å². The van der Waals surface area contributed by atoms with Gasteiger partial charge in [0.25, 0.3) is 0 Å². The summed E-state index contributed by atoms with van der Waals surface area (Å²) in [7, 11) is 1.76. The molecule has 3 heteroatoms. The highest BCUT2D eigenvalue weighted by atomic mass is 32.1. The molecule has 0 aliphatic rings. The van der Waals surface area contributed by atoms with Crippen molar-refractivity contribution in [1.82, 2.24) is 0 Å². The Bertz CT molecular complexity index is 1080. The number of benzene rings is 2. The first-order valence-electron chi connectivity index (χ1n) is 11.4. The second-order valence-electron chi connectivity index (χ2n) is 9.33. The van der Waals surface area contributed by atoms with E-state index >= 15 is 0 Å². The standard InChI is InChI=1S/C30H34O2S/c1-30(2,3)16-7-5-6-10-25(21-31-4)18-24-11-9-14-29(20-24)32-22-26-12-8-13-27(19-26)28-15-17-33-23-28/h5-6,8-9,11-15,17,19-20,23,25H,10,18,21-22H2,1-4H3/b6-5+. The van der Waals surface area contributed by atoms with Crippen molar-refractivity contribution in [1.29, 1.82) is 0 Å². The average molecular weight is 459 g/mol. The number of allylic oxidation sites excluding steroid dienone is 2. The Hall–Kier alpha value is -2.80. The maximum absolute atomic E-state index is 6.13. The van der Waals surface area contributed by atoms with Crippen LogP contribution < -0.4 is 4.74 Å². The number of methoxy groups -OCH3 is 1. The third kappa shape index (κ3) is 8.92. The molecule has 0 saturated heterocycles. The van der Waals surface area contributed by atoms with Crippen LogP contribution in [0, 0.1) is 23.2 Å². The molecule has 1 heterocycles. The van der Waals surface area contributed by atoms with E-state index in [4.69, 9.17) is 9.47 Å². The Labute approximate surface area is 203 Å². The maximum atomic E-state index is 6.13. The highest BCUT2D eigenvalue weighted by Gasteiger charge is 2.09. The second-order valence-corrected chi connectivity index (χ2v) is 10.1. The van der Waals surface area contributed by atoms with E-state index in [1.807, 2.05) is 12.1 Å². The third-order valence-electron chi connectivity index (χ3n) is 5.13. The minimum atomic E-state index is 0.0297. The molecule has 0 radical (unpaired) electrons. The number of ether oxygens (including phenoxy) is 2.